The molecule has 0 aromatic heterocycles. The Bertz CT molecular complexity index is 288. The zero-order valence-electron chi connectivity index (χ0n) is 9.77. The molecule has 16 heavy (non-hydrogen) atoms. The van der Waals surface area contributed by atoms with Crippen molar-refractivity contribution in [3.05, 3.63) is 0 Å². The second-order valence-corrected chi connectivity index (χ2v) is 4.60. The summed E-state index contributed by atoms with van der Waals surface area (Å²) < 4.78 is 0. The first kappa shape index (κ1) is 13.0. The third-order valence-electron chi connectivity index (χ3n) is 3.11. The molecule has 5 heteroatoms. The van der Waals surface area contributed by atoms with Crippen molar-refractivity contribution in [3.8, 4) is 0 Å². The summed E-state index contributed by atoms with van der Waals surface area (Å²) in [5, 5.41) is 18.9. The predicted molar refractivity (Wildman–Crippen MR) is 57.9 cm³/mol. The van der Waals surface area contributed by atoms with E-state index < -0.39 is 23.5 Å². The van der Waals surface area contributed by atoms with Crippen LogP contribution in [-0.2, 0) is 9.59 Å². The van der Waals surface area contributed by atoms with Crippen LogP contribution < -0.4 is 0 Å². The standard InChI is InChI=1S/C11H19NO4/c1-8(9(13)14)12-7-5-3-4-6-11(2,16)10(12)15/h8,16H,3-7H2,1-2H3,(H,13,14). The van der Waals surface area contributed by atoms with Crippen molar-refractivity contribution < 1.29 is 19.8 Å². The maximum Gasteiger partial charge on any atom is 0.326 e. The molecular formula is C11H19NO4. The normalized spacial score (nSPS) is 29.4. The Hall–Kier alpha value is -1.10. The molecule has 1 rings (SSSR count). The van der Waals surface area contributed by atoms with Crippen LogP contribution in [0.5, 0.6) is 0 Å². The Morgan fingerprint density at radius 1 is 1.44 bits per heavy atom. The van der Waals surface area contributed by atoms with E-state index in [0.717, 1.165) is 19.3 Å². The number of likely N-dealkylation sites (tertiary alicyclic amines) is 1. The van der Waals surface area contributed by atoms with E-state index in [9.17, 15) is 14.7 Å². The summed E-state index contributed by atoms with van der Waals surface area (Å²) in [6.07, 6.45) is 2.90. The Labute approximate surface area is 95.1 Å². The van der Waals surface area contributed by atoms with Gasteiger partial charge in [0.2, 0.25) is 0 Å². The highest BCUT2D eigenvalue weighted by molar-refractivity contribution is 5.88. The molecule has 0 aromatic carbocycles. The number of rotatable bonds is 2. The minimum absolute atomic E-state index is 0.397. The molecule has 5 nitrogen and oxygen atoms in total. The molecule has 1 fully saturated rings. The lowest BCUT2D eigenvalue weighted by Crippen LogP contribution is -2.53. The third-order valence-corrected chi connectivity index (χ3v) is 3.11. The van der Waals surface area contributed by atoms with E-state index in [1.165, 1.54) is 18.7 Å². The molecule has 2 atom stereocenters. The average molecular weight is 229 g/mol. The van der Waals surface area contributed by atoms with Gasteiger partial charge >= 0.3 is 5.97 Å². The number of nitrogens with zero attached hydrogens (tertiary/aromatic N) is 1. The van der Waals surface area contributed by atoms with Gasteiger partial charge in [0.15, 0.2) is 0 Å². The number of aliphatic hydroxyl groups is 1. The van der Waals surface area contributed by atoms with Crippen LogP contribution in [0.3, 0.4) is 0 Å². The fourth-order valence-electron chi connectivity index (χ4n) is 1.95. The fraction of sp³-hybridized carbons (Fsp3) is 0.818. The van der Waals surface area contributed by atoms with Crippen molar-refractivity contribution >= 4 is 11.9 Å². The summed E-state index contributed by atoms with van der Waals surface area (Å²) in [6.45, 7) is 3.34. The van der Waals surface area contributed by atoms with Gasteiger partial charge in [-0.1, -0.05) is 6.42 Å². The van der Waals surface area contributed by atoms with Gasteiger partial charge in [-0.05, 0) is 33.1 Å². The minimum Gasteiger partial charge on any atom is -0.480 e. The summed E-state index contributed by atoms with van der Waals surface area (Å²) in [5.41, 5.74) is -1.43. The molecule has 1 aliphatic heterocycles. The Morgan fingerprint density at radius 2 is 2.06 bits per heavy atom. The van der Waals surface area contributed by atoms with Gasteiger partial charge in [0.05, 0.1) is 0 Å². The summed E-state index contributed by atoms with van der Waals surface area (Å²) in [5.74, 6) is -1.51. The first-order valence-electron chi connectivity index (χ1n) is 5.62. The fourth-order valence-corrected chi connectivity index (χ4v) is 1.95. The number of carbonyl (C=O) groups is 2. The van der Waals surface area contributed by atoms with Crippen LogP contribution in [0.15, 0.2) is 0 Å². The maximum atomic E-state index is 12.0. The van der Waals surface area contributed by atoms with E-state index in [4.69, 9.17) is 5.11 Å². The molecule has 0 aliphatic carbocycles. The van der Waals surface area contributed by atoms with Crippen LogP contribution in [0.25, 0.3) is 0 Å². The summed E-state index contributed by atoms with van der Waals surface area (Å²) in [6, 6.07) is -0.878. The third kappa shape index (κ3) is 2.72. The average Bonchev–Trinajstić information content (AvgIpc) is 2.19. The van der Waals surface area contributed by atoms with Crippen molar-refractivity contribution in [2.45, 2.75) is 51.2 Å². The number of amides is 1. The number of hydrogen-bond donors (Lipinski definition) is 2. The number of hydrogen-bond acceptors (Lipinski definition) is 3. The first-order chi connectivity index (χ1) is 7.36. The lowest BCUT2D eigenvalue weighted by Gasteiger charge is -2.35. The van der Waals surface area contributed by atoms with Gasteiger partial charge in [0.25, 0.3) is 5.91 Å². The van der Waals surface area contributed by atoms with Crippen molar-refractivity contribution in [3.63, 3.8) is 0 Å². The quantitative estimate of drug-likeness (QED) is 0.727. The SMILES string of the molecule is CC(C(=O)O)N1CCCCCC(C)(O)C1=O. The number of carbonyl (C=O) groups excluding carboxylic acids is 1. The molecule has 1 amide bonds. The van der Waals surface area contributed by atoms with Crippen LogP contribution in [0, 0.1) is 0 Å². The van der Waals surface area contributed by atoms with Gasteiger partial charge in [-0.2, -0.15) is 0 Å². The van der Waals surface area contributed by atoms with Crippen molar-refractivity contribution in [1.82, 2.24) is 4.90 Å². The molecular weight excluding hydrogens is 210 g/mol. The second-order valence-electron chi connectivity index (χ2n) is 4.60. The molecule has 0 aromatic rings. The van der Waals surface area contributed by atoms with E-state index in [-0.39, 0.29) is 0 Å². The van der Waals surface area contributed by atoms with Crippen LogP contribution in [0.4, 0.5) is 0 Å². The number of carboxylic acids is 1. The molecule has 0 spiro atoms. The largest absolute Gasteiger partial charge is 0.480 e. The molecule has 2 N–H and O–H groups in total. The highest BCUT2D eigenvalue weighted by Gasteiger charge is 2.38. The molecule has 0 bridgehead atoms. The van der Waals surface area contributed by atoms with E-state index in [2.05, 4.69) is 0 Å². The van der Waals surface area contributed by atoms with Gasteiger partial charge in [-0.15, -0.1) is 0 Å². The molecule has 0 radical (unpaired) electrons. The van der Waals surface area contributed by atoms with Crippen LogP contribution >= 0.6 is 0 Å². The lowest BCUT2D eigenvalue weighted by atomic mass is 9.93. The number of aliphatic carboxylic acids is 1. The van der Waals surface area contributed by atoms with Crippen molar-refractivity contribution in [2.75, 3.05) is 6.54 Å². The summed E-state index contributed by atoms with van der Waals surface area (Å²) in [4.78, 5) is 24.1. The van der Waals surface area contributed by atoms with E-state index in [1.807, 2.05) is 0 Å². The summed E-state index contributed by atoms with van der Waals surface area (Å²) in [7, 11) is 0. The molecule has 2 unspecified atom stereocenters. The molecule has 1 saturated heterocycles. The Balaban J connectivity index is 2.87. The highest BCUT2D eigenvalue weighted by Crippen LogP contribution is 2.22. The highest BCUT2D eigenvalue weighted by atomic mass is 16.4. The molecule has 0 saturated carbocycles. The predicted octanol–water partition coefficient (Wildman–Crippen LogP) is 0.613. The van der Waals surface area contributed by atoms with Gasteiger partial charge in [0, 0.05) is 6.54 Å². The summed E-state index contributed by atoms with van der Waals surface area (Å²) >= 11 is 0. The van der Waals surface area contributed by atoms with Crippen molar-refractivity contribution in [1.29, 1.82) is 0 Å². The topological polar surface area (TPSA) is 77.8 Å². The van der Waals surface area contributed by atoms with Crippen LogP contribution in [0.2, 0.25) is 0 Å². The number of carboxylic acid groups (broad SMARTS) is 1. The molecule has 1 aliphatic rings. The van der Waals surface area contributed by atoms with Gasteiger partial charge in [0.1, 0.15) is 11.6 Å². The Kier molecular flexibility index (Phi) is 3.91. The zero-order chi connectivity index (χ0) is 12.3. The Morgan fingerprint density at radius 3 is 2.62 bits per heavy atom. The zero-order valence-corrected chi connectivity index (χ0v) is 9.77. The van der Waals surface area contributed by atoms with Crippen molar-refractivity contribution in [2.24, 2.45) is 0 Å². The smallest absolute Gasteiger partial charge is 0.326 e. The van der Waals surface area contributed by atoms with Gasteiger partial charge in [-0.25, -0.2) is 4.79 Å². The van der Waals surface area contributed by atoms with Gasteiger partial charge in [-0.3, -0.25) is 4.79 Å². The monoisotopic (exact) mass is 229 g/mol. The second kappa shape index (κ2) is 4.82. The van der Waals surface area contributed by atoms with Crippen LogP contribution in [0.1, 0.15) is 39.5 Å². The molecule has 92 valence electrons. The lowest BCUT2D eigenvalue weighted by molar-refractivity contribution is -0.160. The van der Waals surface area contributed by atoms with E-state index in [1.54, 1.807) is 0 Å². The maximum absolute atomic E-state index is 12.0. The van der Waals surface area contributed by atoms with Crippen LogP contribution in [-0.4, -0.2) is 45.2 Å². The van der Waals surface area contributed by atoms with E-state index in [0.29, 0.717) is 13.0 Å². The molecule has 1 heterocycles. The van der Waals surface area contributed by atoms with Gasteiger partial charge < -0.3 is 15.1 Å². The van der Waals surface area contributed by atoms with E-state index >= 15 is 0 Å². The minimum atomic E-state index is -1.43. The first-order valence-corrected chi connectivity index (χ1v) is 5.62.